The van der Waals surface area contributed by atoms with Crippen LogP contribution in [0.15, 0.2) is 18.2 Å². The molecule has 2 aliphatic heterocycles. The summed E-state index contributed by atoms with van der Waals surface area (Å²) in [6.45, 7) is 2.80. The molecule has 1 amide bonds. The van der Waals surface area contributed by atoms with Gasteiger partial charge in [-0.3, -0.25) is 4.79 Å². The zero-order chi connectivity index (χ0) is 13.9. The Morgan fingerprint density at radius 2 is 2.10 bits per heavy atom. The maximum Gasteiger partial charge on any atom is 0.254 e. The van der Waals surface area contributed by atoms with Crippen molar-refractivity contribution < 1.29 is 9.53 Å². The molecule has 1 saturated heterocycles. The third-order valence-corrected chi connectivity index (χ3v) is 4.36. The van der Waals surface area contributed by atoms with Crippen molar-refractivity contribution in [2.24, 2.45) is 5.73 Å². The molecule has 1 unspecified atom stereocenters. The fourth-order valence-electron chi connectivity index (χ4n) is 3.23. The summed E-state index contributed by atoms with van der Waals surface area (Å²) >= 11 is 0. The van der Waals surface area contributed by atoms with Crippen molar-refractivity contribution in [2.45, 2.75) is 44.9 Å². The lowest BCUT2D eigenvalue weighted by molar-refractivity contribution is 0.0605. The van der Waals surface area contributed by atoms with E-state index in [1.807, 2.05) is 23.1 Å². The Kier molecular flexibility index (Phi) is 5.62. The van der Waals surface area contributed by atoms with E-state index in [9.17, 15) is 4.79 Å². The van der Waals surface area contributed by atoms with E-state index < -0.39 is 0 Å². The first kappa shape index (κ1) is 16.3. The first-order valence-electron chi connectivity index (χ1n) is 7.50. The third kappa shape index (κ3) is 3.39. The van der Waals surface area contributed by atoms with Crippen molar-refractivity contribution >= 4 is 18.3 Å². The van der Waals surface area contributed by atoms with Crippen LogP contribution in [-0.2, 0) is 18.0 Å². The van der Waals surface area contributed by atoms with Crippen LogP contribution in [0.1, 0.15) is 47.2 Å². The number of benzene rings is 1. The van der Waals surface area contributed by atoms with E-state index in [4.69, 9.17) is 10.5 Å². The molecule has 3 rings (SSSR count). The minimum atomic E-state index is 0. The first-order valence-corrected chi connectivity index (χ1v) is 7.50. The Balaban J connectivity index is 0.00000161. The molecule has 0 aliphatic carbocycles. The summed E-state index contributed by atoms with van der Waals surface area (Å²) in [5, 5.41) is 0. The number of ether oxygens (including phenoxy) is 1. The van der Waals surface area contributed by atoms with Crippen molar-refractivity contribution in [3.8, 4) is 0 Å². The maximum absolute atomic E-state index is 12.7. The maximum atomic E-state index is 12.7. The molecule has 1 aromatic carbocycles. The summed E-state index contributed by atoms with van der Waals surface area (Å²) in [6, 6.07) is 6.27. The van der Waals surface area contributed by atoms with Crippen molar-refractivity contribution in [1.82, 2.24) is 4.90 Å². The van der Waals surface area contributed by atoms with Crippen molar-refractivity contribution in [2.75, 3.05) is 13.1 Å². The predicted octanol–water partition coefficient (Wildman–Crippen LogP) is 2.48. The van der Waals surface area contributed by atoms with E-state index >= 15 is 0 Å². The summed E-state index contributed by atoms with van der Waals surface area (Å²) in [6.07, 6.45) is 4.28. The smallest absolute Gasteiger partial charge is 0.254 e. The Morgan fingerprint density at radius 3 is 2.90 bits per heavy atom. The van der Waals surface area contributed by atoms with Crippen LogP contribution in [0.3, 0.4) is 0 Å². The highest BCUT2D eigenvalue weighted by Crippen LogP contribution is 2.25. The number of nitrogens with zero attached hydrogens (tertiary/aromatic N) is 1. The average Bonchev–Trinajstić information content (AvgIpc) is 2.95. The van der Waals surface area contributed by atoms with Gasteiger partial charge < -0.3 is 15.4 Å². The number of carbonyl (C=O) groups excluding carboxylic acids is 1. The fourth-order valence-corrected chi connectivity index (χ4v) is 3.23. The summed E-state index contributed by atoms with van der Waals surface area (Å²) in [7, 11) is 0. The van der Waals surface area contributed by atoms with Crippen molar-refractivity contribution in [3.63, 3.8) is 0 Å². The molecule has 0 bridgehead atoms. The number of hydrogen-bond acceptors (Lipinski definition) is 3. The Bertz CT molecular complexity index is 505. The standard InChI is InChI=1S/C16H22N2O2.ClH/c17-7-6-15-3-1-2-8-18(15)16(19)12-4-5-13-10-20-11-14(13)9-12;/h4-5,9,15H,1-3,6-8,10-11,17H2;1H. The van der Waals surface area contributed by atoms with Gasteiger partial charge in [-0.25, -0.2) is 0 Å². The number of hydrogen-bond donors (Lipinski definition) is 1. The molecule has 5 heteroatoms. The predicted molar refractivity (Wildman–Crippen MR) is 84.5 cm³/mol. The van der Waals surface area contributed by atoms with Crippen LogP contribution in [-0.4, -0.2) is 29.9 Å². The molecular formula is C16H23ClN2O2. The quantitative estimate of drug-likeness (QED) is 0.933. The van der Waals surface area contributed by atoms with Gasteiger partial charge in [0.15, 0.2) is 0 Å². The second-order valence-electron chi connectivity index (χ2n) is 5.70. The number of rotatable bonds is 3. The molecule has 0 aromatic heterocycles. The number of piperidine rings is 1. The Hall–Kier alpha value is -1.10. The van der Waals surface area contributed by atoms with Crippen LogP contribution < -0.4 is 5.73 Å². The van der Waals surface area contributed by atoms with Gasteiger partial charge in [-0.05, 0) is 55.5 Å². The van der Waals surface area contributed by atoms with Crippen LogP contribution in [0.5, 0.6) is 0 Å². The van der Waals surface area contributed by atoms with Crippen molar-refractivity contribution in [1.29, 1.82) is 0 Å². The van der Waals surface area contributed by atoms with Crippen LogP contribution in [0.2, 0.25) is 0 Å². The molecule has 1 atom stereocenters. The van der Waals surface area contributed by atoms with Crippen LogP contribution in [0, 0.1) is 0 Å². The van der Waals surface area contributed by atoms with Gasteiger partial charge in [-0.15, -0.1) is 12.4 Å². The molecule has 0 spiro atoms. The lowest BCUT2D eigenvalue weighted by Crippen LogP contribution is -2.44. The number of halogens is 1. The van der Waals surface area contributed by atoms with Crippen LogP contribution in [0.25, 0.3) is 0 Å². The molecule has 21 heavy (non-hydrogen) atoms. The Morgan fingerprint density at radius 1 is 1.29 bits per heavy atom. The van der Waals surface area contributed by atoms with Gasteiger partial charge >= 0.3 is 0 Å². The minimum Gasteiger partial charge on any atom is -0.372 e. The van der Waals surface area contributed by atoms with Gasteiger partial charge in [-0.1, -0.05) is 6.07 Å². The molecule has 0 radical (unpaired) electrons. The van der Waals surface area contributed by atoms with E-state index in [0.29, 0.717) is 25.8 Å². The van der Waals surface area contributed by atoms with E-state index in [1.54, 1.807) is 0 Å². The summed E-state index contributed by atoms with van der Waals surface area (Å²) in [4.78, 5) is 14.8. The summed E-state index contributed by atoms with van der Waals surface area (Å²) in [5.74, 6) is 0.151. The van der Waals surface area contributed by atoms with Crippen LogP contribution in [0.4, 0.5) is 0 Å². The normalized spacial score (nSPS) is 20.8. The summed E-state index contributed by atoms with van der Waals surface area (Å²) < 4.78 is 5.41. The molecule has 2 heterocycles. The van der Waals surface area contributed by atoms with Gasteiger partial charge in [0, 0.05) is 18.2 Å². The molecule has 1 aromatic rings. The number of amides is 1. The molecule has 2 aliphatic rings. The Labute approximate surface area is 132 Å². The highest BCUT2D eigenvalue weighted by Gasteiger charge is 2.27. The molecule has 2 N–H and O–H groups in total. The monoisotopic (exact) mass is 310 g/mol. The molecule has 116 valence electrons. The van der Waals surface area contributed by atoms with E-state index in [2.05, 4.69) is 0 Å². The second-order valence-corrected chi connectivity index (χ2v) is 5.70. The molecule has 4 nitrogen and oxygen atoms in total. The average molecular weight is 311 g/mol. The second kappa shape index (κ2) is 7.25. The molecule has 1 fully saturated rings. The largest absolute Gasteiger partial charge is 0.372 e. The van der Waals surface area contributed by atoms with Crippen molar-refractivity contribution in [3.05, 3.63) is 34.9 Å². The van der Waals surface area contributed by atoms with Crippen LogP contribution >= 0.6 is 12.4 Å². The zero-order valence-electron chi connectivity index (χ0n) is 12.2. The topological polar surface area (TPSA) is 55.6 Å². The SMILES string of the molecule is Cl.NCCC1CCCCN1C(=O)c1ccc2c(c1)COC2. The van der Waals surface area contributed by atoms with E-state index in [0.717, 1.165) is 36.9 Å². The number of fused-ring (bicyclic) bond motifs is 1. The number of carbonyl (C=O) groups is 1. The van der Waals surface area contributed by atoms with Gasteiger partial charge in [0.05, 0.1) is 13.2 Å². The number of likely N-dealkylation sites (tertiary alicyclic amines) is 1. The third-order valence-electron chi connectivity index (χ3n) is 4.36. The zero-order valence-corrected chi connectivity index (χ0v) is 13.0. The number of nitrogens with two attached hydrogens (primary N) is 1. The molecule has 0 saturated carbocycles. The molecular weight excluding hydrogens is 288 g/mol. The van der Waals surface area contributed by atoms with E-state index in [1.165, 1.54) is 12.0 Å². The van der Waals surface area contributed by atoms with Gasteiger partial charge in [-0.2, -0.15) is 0 Å². The highest BCUT2D eigenvalue weighted by molar-refractivity contribution is 5.94. The summed E-state index contributed by atoms with van der Waals surface area (Å²) in [5.41, 5.74) is 8.83. The lowest BCUT2D eigenvalue weighted by Gasteiger charge is -2.35. The highest BCUT2D eigenvalue weighted by atomic mass is 35.5. The van der Waals surface area contributed by atoms with E-state index in [-0.39, 0.29) is 18.3 Å². The minimum absolute atomic E-state index is 0. The first-order chi connectivity index (χ1) is 9.79. The van der Waals surface area contributed by atoms with Gasteiger partial charge in [0.2, 0.25) is 0 Å². The fraction of sp³-hybridized carbons (Fsp3) is 0.562. The van der Waals surface area contributed by atoms with Gasteiger partial charge in [0.1, 0.15) is 0 Å². The lowest BCUT2D eigenvalue weighted by atomic mass is 9.97. The van der Waals surface area contributed by atoms with Gasteiger partial charge in [0.25, 0.3) is 5.91 Å².